The van der Waals surface area contributed by atoms with E-state index in [-0.39, 0.29) is 28.9 Å². The highest BCUT2D eigenvalue weighted by Gasteiger charge is 2.19. The van der Waals surface area contributed by atoms with Crippen molar-refractivity contribution in [2.24, 2.45) is 5.73 Å². The maximum absolute atomic E-state index is 11.5. The van der Waals surface area contributed by atoms with Crippen molar-refractivity contribution in [3.63, 3.8) is 0 Å². The first-order chi connectivity index (χ1) is 7.52. The van der Waals surface area contributed by atoms with Gasteiger partial charge >= 0.3 is 5.97 Å². The van der Waals surface area contributed by atoms with Gasteiger partial charge < -0.3 is 21.3 Å². The normalized spacial score (nSPS) is 10.2. The number of carbonyl (C=O) groups excluding carboxylic acids is 1. The molecule has 88 valence electrons. The predicted molar refractivity (Wildman–Crippen MR) is 64.1 cm³/mol. The van der Waals surface area contributed by atoms with E-state index < -0.39 is 5.97 Å². The number of nitrogens with two attached hydrogens (primary N) is 2. The summed E-state index contributed by atoms with van der Waals surface area (Å²) in [6, 6.07) is 1.44. The Morgan fingerprint density at radius 1 is 1.62 bits per heavy atom. The predicted octanol–water partition coefficient (Wildman–Crippen LogP) is 1.37. The molecule has 0 radical (unpaired) electrons. The molecule has 0 heterocycles. The molecule has 0 unspecified atom stereocenters. The number of phenols is 1. The van der Waals surface area contributed by atoms with Gasteiger partial charge in [0, 0.05) is 6.54 Å². The van der Waals surface area contributed by atoms with Gasteiger partial charge in [-0.1, -0.05) is 0 Å². The molecule has 0 fully saturated rings. The summed E-state index contributed by atoms with van der Waals surface area (Å²) in [6.07, 6.45) is 0. The number of anilines is 1. The van der Waals surface area contributed by atoms with Crippen LogP contribution in [0.2, 0.25) is 0 Å². The first kappa shape index (κ1) is 12.8. The molecule has 1 aromatic carbocycles. The Bertz CT molecular complexity index is 421. The molecule has 0 spiro atoms. The highest BCUT2D eigenvalue weighted by molar-refractivity contribution is 9.10. The maximum atomic E-state index is 11.5. The molecule has 0 saturated carbocycles. The molecule has 1 rings (SSSR count). The molecule has 16 heavy (non-hydrogen) atoms. The SMILES string of the molecule is CCOC(=O)c1cc(CN)c(N)c(Br)c1O. The second-order valence-electron chi connectivity index (χ2n) is 3.08. The van der Waals surface area contributed by atoms with Gasteiger partial charge in [-0.3, -0.25) is 0 Å². The molecule has 5 N–H and O–H groups in total. The molecular weight excluding hydrogens is 276 g/mol. The number of aromatic hydroxyl groups is 1. The number of halogens is 1. The molecule has 6 heteroatoms. The average molecular weight is 289 g/mol. The van der Waals surface area contributed by atoms with Crippen molar-refractivity contribution in [2.75, 3.05) is 12.3 Å². The van der Waals surface area contributed by atoms with Crippen LogP contribution in [0.4, 0.5) is 5.69 Å². The van der Waals surface area contributed by atoms with Gasteiger partial charge in [-0.25, -0.2) is 4.79 Å². The number of nitrogen functional groups attached to an aromatic ring is 1. The molecule has 0 saturated heterocycles. The standard InChI is InChI=1S/C10H13BrN2O3/c1-2-16-10(15)6-3-5(4-12)8(13)7(11)9(6)14/h3,14H,2,4,12-13H2,1H3. The monoisotopic (exact) mass is 288 g/mol. The lowest BCUT2D eigenvalue weighted by Crippen LogP contribution is -2.09. The van der Waals surface area contributed by atoms with Gasteiger partial charge in [-0.2, -0.15) is 0 Å². The lowest BCUT2D eigenvalue weighted by Gasteiger charge is -2.11. The van der Waals surface area contributed by atoms with Crippen LogP contribution in [0.3, 0.4) is 0 Å². The maximum Gasteiger partial charge on any atom is 0.341 e. The zero-order chi connectivity index (χ0) is 12.3. The van der Waals surface area contributed by atoms with Gasteiger partial charge in [-0.05, 0) is 34.5 Å². The number of esters is 1. The zero-order valence-corrected chi connectivity index (χ0v) is 10.4. The van der Waals surface area contributed by atoms with Crippen molar-refractivity contribution in [3.05, 3.63) is 21.7 Å². The molecule has 0 amide bonds. The summed E-state index contributed by atoms with van der Waals surface area (Å²) in [5.41, 5.74) is 12.1. The smallest absolute Gasteiger partial charge is 0.341 e. The minimum Gasteiger partial charge on any atom is -0.506 e. The van der Waals surface area contributed by atoms with Gasteiger partial charge in [-0.15, -0.1) is 0 Å². The summed E-state index contributed by atoms with van der Waals surface area (Å²) >= 11 is 3.10. The number of hydrogen-bond donors (Lipinski definition) is 3. The molecule has 1 aromatic rings. The lowest BCUT2D eigenvalue weighted by molar-refractivity contribution is 0.0523. The van der Waals surface area contributed by atoms with Crippen LogP contribution in [0.25, 0.3) is 0 Å². The second-order valence-corrected chi connectivity index (χ2v) is 3.88. The molecule has 0 aliphatic rings. The molecule has 5 nitrogen and oxygen atoms in total. The van der Waals surface area contributed by atoms with E-state index in [0.717, 1.165) is 0 Å². The highest BCUT2D eigenvalue weighted by atomic mass is 79.9. The van der Waals surface area contributed by atoms with E-state index in [1.165, 1.54) is 6.07 Å². The number of carbonyl (C=O) groups is 1. The van der Waals surface area contributed by atoms with Crippen LogP contribution in [-0.4, -0.2) is 17.7 Å². The van der Waals surface area contributed by atoms with E-state index in [1.54, 1.807) is 6.92 Å². The van der Waals surface area contributed by atoms with E-state index in [0.29, 0.717) is 11.3 Å². The molecule has 0 aliphatic heterocycles. The number of phenolic OH excluding ortho intramolecular Hbond substituents is 1. The first-order valence-corrected chi connectivity index (χ1v) is 5.49. The minimum absolute atomic E-state index is 0.0587. The number of ether oxygens (including phenoxy) is 1. The van der Waals surface area contributed by atoms with Crippen molar-refractivity contribution >= 4 is 27.6 Å². The van der Waals surface area contributed by atoms with Gasteiger partial charge in [0.15, 0.2) is 0 Å². The molecular formula is C10H13BrN2O3. The fourth-order valence-electron chi connectivity index (χ4n) is 1.24. The van der Waals surface area contributed by atoms with Crippen LogP contribution in [0.15, 0.2) is 10.5 Å². The van der Waals surface area contributed by atoms with Crippen molar-refractivity contribution in [2.45, 2.75) is 13.5 Å². The largest absolute Gasteiger partial charge is 0.506 e. The van der Waals surface area contributed by atoms with Crippen molar-refractivity contribution < 1.29 is 14.6 Å². The van der Waals surface area contributed by atoms with E-state index in [1.807, 2.05) is 0 Å². The average Bonchev–Trinajstić information content (AvgIpc) is 2.27. The third-order valence-electron chi connectivity index (χ3n) is 2.08. The Morgan fingerprint density at radius 3 is 2.75 bits per heavy atom. The third-order valence-corrected chi connectivity index (χ3v) is 2.88. The van der Waals surface area contributed by atoms with E-state index in [9.17, 15) is 9.90 Å². The quantitative estimate of drug-likeness (QED) is 0.576. The van der Waals surface area contributed by atoms with E-state index in [4.69, 9.17) is 16.2 Å². The van der Waals surface area contributed by atoms with E-state index in [2.05, 4.69) is 15.9 Å². The Balaban J connectivity index is 3.29. The summed E-state index contributed by atoms with van der Waals surface area (Å²) in [5.74, 6) is -0.830. The number of benzene rings is 1. The summed E-state index contributed by atoms with van der Waals surface area (Å²) in [6.45, 7) is 2.10. The van der Waals surface area contributed by atoms with Crippen LogP contribution in [-0.2, 0) is 11.3 Å². The number of hydrogen-bond acceptors (Lipinski definition) is 5. The topological polar surface area (TPSA) is 98.6 Å². The molecule has 0 aromatic heterocycles. The number of rotatable bonds is 3. The second kappa shape index (κ2) is 5.18. The van der Waals surface area contributed by atoms with Gasteiger partial charge in [0.05, 0.1) is 16.8 Å². The minimum atomic E-state index is -0.601. The van der Waals surface area contributed by atoms with Crippen LogP contribution in [0.5, 0.6) is 5.75 Å². The van der Waals surface area contributed by atoms with Gasteiger partial charge in [0.1, 0.15) is 11.3 Å². The summed E-state index contributed by atoms with van der Waals surface area (Å²) in [7, 11) is 0. The van der Waals surface area contributed by atoms with E-state index >= 15 is 0 Å². The van der Waals surface area contributed by atoms with Crippen LogP contribution < -0.4 is 11.5 Å². The Morgan fingerprint density at radius 2 is 2.25 bits per heavy atom. The zero-order valence-electron chi connectivity index (χ0n) is 8.79. The van der Waals surface area contributed by atoms with Gasteiger partial charge in [0.25, 0.3) is 0 Å². The van der Waals surface area contributed by atoms with Crippen LogP contribution >= 0.6 is 15.9 Å². The van der Waals surface area contributed by atoms with Crippen molar-refractivity contribution in [1.82, 2.24) is 0 Å². The third kappa shape index (κ3) is 2.28. The fraction of sp³-hybridized carbons (Fsp3) is 0.300. The molecule has 0 bridgehead atoms. The highest BCUT2D eigenvalue weighted by Crippen LogP contribution is 2.36. The Hall–Kier alpha value is -1.27. The summed E-state index contributed by atoms with van der Waals surface area (Å²) in [5, 5.41) is 9.73. The van der Waals surface area contributed by atoms with Crippen LogP contribution in [0.1, 0.15) is 22.8 Å². The molecule has 0 aliphatic carbocycles. The van der Waals surface area contributed by atoms with Gasteiger partial charge in [0.2, 0.25) is 0 Å². The van der Waals surface area contributed by atoms with Crippen LogP contribution in [0, 0.1) is 0 Å². The Labute approximate surface area is 102 Å². The Kier molecular flexibility index (Phi) is 4.14. The summed E-state index contributed by atoms with van der Waals surface area (Å²) in [4.78, 5) is 11.5. The fourth-order valence-corrected chi connectivity index (χ4v) is 1.71. The lowest BCUT2D eigenvalue weighted by atomic mass is 10.1. The molecule has 0 atom stereocenters. The van der Waals surface area contributed by atoms with Crippen molar-refractivity contribution in [3.8, 4) is 5.75 Å². The van der Waals surface area contributed by atoms with Crippen molar-refractivity contribution in [1.29, 1.82) is 0 Å². The first-order valence-electron chi connectivity index (χ1n) is 4.69. The summed E-state index contributed by atoms with van der Waals surface area (Å²) < 4.78 is 5.06.